The number of hydrogen-bond acceptors (Lipinski definition) is 2. The lowest BCUT2D eigenvalue weighted by atomic mass is 10.1. The number of imide groups is 1. The average molecular weight is 397 g/mol. The Morgan fingerprint density at radius 1 is 1.00 bits per heavy atom. The molecular weight excluding hydrogens is 390 g/mol. The number of rotatable bonds is 2. The molecule has 0 bridgehead atoms. The first-order chi connectivity index (χ1) is 12.0. The molecule has 0 radical (unpaired) electrons. The van der Waals surface area contributed by atoms with Crippen LogP contribution in [0.25, 0.3) is 0 Å². The normalized spacial score (nSPS) is 11.2. The lowest BCUT2D eigenvalue weighted by Gasteiger charge is -2.13. The number of amides is 3. The maximum absolute atomic E-state index is 13.9. The van der Waals surface area contributed by atoms with Gasteiger partial charge in [0.2, 0.25) is 0 Å². The standard InChI is InChI=1S/C15H7ClF6N2O2/c16-6-4-7(15(20,21)22)12(19)10(5-6)23-14(26)24-13(25)11-8(17)2-1-3-9(11)18/h1-5H,(H2,23,24,25,26). The van der Waals surface area contributed by atoms with Crippen molar-refractivity contribution in [1.82, 2.24) is 5.32 Å². The van der Waals surface area contributed by atoms with Crippen molar-refractivity contribution in [3.8, 4) is 0 Å². The quantitative estimate of drug-likeness (QED) is 0.720. The van der Waals surface area contributed by atoms with E-state index in [1.807, 2.05) is 0 Å². The SMILES string of the molecule is O=C(NC(=O)c1c(F)cccc1F)Nc1cc(Cl)cc(C(F)(F)F)c1F. The molecule has 26 heavy (non-hydrogen) atoms. The van der Waals surface area contributed by atoms with Crippen LogP contribution in [0.2, 0.25) is 5.02 Å². The lowest BCUT2D eigenvalue weighted by molar-refractivity contribution is -0.139. The zero-order valence-corrected chi connectivity index (χ0v) is 13.1. The highest BCUT2D eigenvalue weighted by Gasteiger charge is 2.36. The van der Waals surface area contributed by atoms with Gasteiger partial charge in [-0.2, -0.15) is 13.2 Å². The summed E-state index contributed by atoms with van der Waals surface area (Å²) in [6.07, 6.45) is -5.09. The number of carbonyl (C=O) groups excluding carboxylic acids is 2. The molecule has 3 amide bonds. The molecule has 0 aliphatic carbocycles. The van der Waals surface area contributed by atoms with E-state index in [-0.39, 0.29) is 0 Å². The Labute approximate surface area is 146 Å². The van der Waals surface area contributed by atoms with Gasteiger partial charge in [-0.1, -0.05) is 17.7 Å². The topological polar surface area (TPSA) is 58.2 Å². The number of urea groups is 1. The smallest absolute Gasteiger partial charge is 0.305 e. The molecule has 0 atom stereocenters. The molecule has 0 fully saturated rings. The maximum Gasteiger partial charge on any atom is 0.419 e. The van der Waals surface area contributed by atoms with Crippen molar-refractivity contribution in [2.24, 2.45) is 0 Å². The van der Waals surface area contributed by atoms with Gasteiger partial charge in [0.25, 0.3) is 5.91 Å². The predicted octanol–water partition coefficient (Wildman–Crippen LogP) is 4.74. The molecule has 2 N–H and O–H groups in total. The number of alkyl halides is 3. The van der Waals surface area contributed by atoms with Crippen LogP contribution < -0.4 is 10.6 Å². The third kappa shape index (κ3) is 4.26. The van der Waals surface area contributed by atoms with E-state index in [1.54, 1.807) is 5.32 Å². The molecular formula is C15H7ClF6N2O2. The first-order valence-corrected chi connectivity index (χ1v) is 7.01. The van der Waals surface area contributed by atoms with E-state index in [4.69, 9.17) is 11.6 Å². The summed E-state index contributed by atoms with van der Waals surface area (Å²) < 4.78 is 78.9. The van der Waals surface area contributed by atoms with Gasteiger partial charge < -0.3 is 5.32 Å². The van der Waals surface area contributed by atoms with E-state index in [0.29, 0.717) is 12.1 Å². The van der Waals surface area contributed by atoms with E-state index >= 15 is 0 Å². The zero-order chi connectivity index (χ0) is 19.6. The van der Waals surface area contributed by atoms with Gasteiger partial charge in [-0.15, -0.1) is 0 Å². The fraction of sp³-hybridized carbons (Fsp3) is 0.0667. The van der Waals surface area contributed by atoms with E-state index in [2.05, 4.69) is 0 Å². The number of carbonyl (C=O) groups is 2. The van der Waals surface area contributed by atoms with Gasteiger partial charge in [0.05, 0.1) is 11.3 Å². The van der Waals surface area contributed by atoms with Crippen molar-refractivity contribution in [3.63, 3.8) is 0 Å². The van der Waals surface area contributed by atoms with E-state index in [1.165, 1.54) is 5.32 Å². The Kier molecular flexibility index (Phi) is 5.45. The fourth-order valence-corrected chi connectivity index (χ4v) is 2.14. The molecule has 11 heteroatoms. The molecule has 0 aliphatic heterocycles. The van der Waals surface area contributed by atoms with Gasteiger partial charge in [0.1, 0.15) is 17.2 Å². The zero-order valence-electron chi connectivity index (χ0n) is 12.3. The molecule has 0 aliphatic rings. The lowest BCUT2D eigenvalue weighted by Crippen LogP contribution is -2.35. The monoisotopic (exact) mass is 396 g/mol. The number of halogens is 7. The van der Waals surface area contributed by atoms with Gasteiger partial charge in [0, 0.05) is 5.02 Å². The minimum absolute atomic E-state index is 0.305. The van der Waals surface area contributed by atoms with E-state index in [9.17, 15) is 35.9 Å². The summed E-state index contributed by atoms with van der Waals surface area (Å²) in [5, 5.41) is 2.56. The van der Waals surface area contributed by atoms with Crippen LogP contribution in [-0.2, 0) is 6.18 Å². The van der Waals surface area contributed by atoms with Crippen LogP contribution in [0.4, 0.5) is 36.8 Å². The maximum atomic E-state index is 13.9. The Hall–Kier alpha value is -2.75. The van der Waals surface area contributed by atoms with Crippen LogP contribution in [0.3, 0.4) is 0 Å². The van der Waals surface area contributed by atoms with E-state index in [0.717, 1.165) is 18.2 Å². The molecule has 4 nitrogen and oxygen atoms in total. The van der Waals surface area contributed by atoms with Crippen LogP contribution in [0.1, 0.15) is 15.9 Å². The molecule has 0 saturated heterocycles. The second-order valence-electron chi connectivity index (χ2n) is 4.82. The third-order valence-corrected chi connectivity index (χ3v) is 3.23. The van der Waals surface area contributed by atoms with Crippen LogP contribution >= 0.6 is 11.6 Å². The summed E-state index contributed by atoms with van der Waals surface area (Å²) in [6.45, 7) is 0. The van der Waals surface area contributed by atoms with Gasteiger partial charge in [-0.05, 0) is 24.3 Å². The highest BCUT2D eigenvalue weighted by molar-refractivity contribution is 6.31. The summed E-state index contributed by atoms with van der Waals surface area (Å²) in [5.74, 6) is -5.91. The second kappa shape index (κ2) is 7.24. The van der Waals surface area contributed by atoms with Crippen molar-refractivity contribution in [2.45, 2.75) is 6.18 Å². The fourth-order valence-electron chi connectivity index (χ4n) is 1.92. The Morgan fingerprint density at radius 2 is 1.58 bits per heavy atom. The second-order valence-corrected chi connectivity index (χ2v) is 5.25. The van der Waals surface area contributed by atoms with Gasteiger partial charge in [-0.3, -0.25) is 10.1 Å². The molecule has 2 rings (SSSR count). The molecule has 0 unspecified atom stereocenters. The van der Waals surface area contributed by atoms with Crippen molar-refractivity contribution in [1.29, 1.82) is 0 Å². The number of hydrogen-bond donors (Lipinski definition) is 2. The third-order valence-electron chi connectivity index (χ3n) is 3.01. The molecule has 2 aromatic carbocycles. The summed E-state index contributed by atoms with van der Waals surface area (Å²) >= 11 is 5.45. The summed E-state index contributed by atoms with van der Waals surface area (Å²) in [5.41, 5.74) is -3.82. The Bertz CT molecular complexity index is 865. The molecule has 0 heterocycles. The molecule has 0 spiro atoms. The van der Waals surface area contributed by atoms with Crippen molar-refractivity contribution in [2.75, 3.05) is 5.32 Å². The summed E-state index contributed by atoms with van der Waals surface area (Å²) in [4.78, 5) is 23.4. The molecule has 138 valence electrons. The van der Waals surface area contributed by atoms with Gasteiger partial charge in [-0.25, -0.2) is 18.0 Å². The first-order valence-electron chi connectivity index (χ1n) is 6.63. The largest absolute Gasteiger partial charge is 0.419 e. The Morgan fingerprint density at radius 3 is 2.12 bits per heavy atom. The van der Waals surface area contributed by atoms with Gasteiger partial charge in [0.15, 0.2) is 5.82 Å². The Balaban J connectivity index is 2.23. The van der Waals surface area contributed by atoms with E-state index < -0.39 is 57.4 Å². The van der Waals surface area contributed by atoms with Crippen LogP contribution in [0.5, 0.6) is 0 Å². The van der Waals surface area contributed by atoms with Crippen LogP contribution in [-0.4, -0.2) is 11.9 Å². The predicted molar refractivity (Wildman–Crippen MR) is 79.3 cm³/mol. The molecule has 2 aromatic rings. The molecule has 0 aromatic heterocycles. The number of nitrogens with one attached hydrogen (secondary N) is 2. The van der Waals surface area contributed by atoms with Crippen molar-refractivity contribution < 1.29 is 35.9 Å². The highest BCUT2D eigenvalue weighted by atomic mass is 35.5. The minimum Gasteiger partial charge on any atom is -0.305 e. The molecule has 0 saturated carbocycles. The number of benzene rings is 2. The summed E-state index contributed by atoms with van der Waals surface area (Å²) in [7, 11) is 0. The highest BCUT2D eigenvalue weighted by Crippen LogP contribution is 2.36. The average Bonchev–Trinajstić information content (AvgIpc) is 2.49. The first kappa shape index (κ1) is 19.6. The van der Waals surface area contributed by atoms with Crippen molar-refractivity contribution in [3.05, 3.63) is 63.9 Å². The van der Waals surface area contributed by atoms with Gasteiger partial charge >= 0.3 is 12.2 Å². The minimum atomic E-state index is -5.09. The number of anilines is 1. The van der Waals surface area contributed by atoms with Crippen molar-refractivity contribution >= 4 is 29.2 Å². The van der Waals surface area contributed by atoms with Crippen LogP contribution in [0, 0.1) is 17.5 Å². The summed E-state index contributed by atoms with van der Waals surface area (Å²) in [6, 6.07) is 1.93. The van der Waals surface area contributed by atoms with Crippen LogP contribution in [0.15, 0.2) is 30.3 Å².